The zero-order chi connectivity index (χ0) is 14.9. The van der Waals surface area contributed by atoms with Gasteiger partial charge in [-0.25, -0.2) is 0 Å². The highest BCUT2D eigenvalue weighted by atomic mass is 35.5. The van der Waals surface area contributed by atoms with Gasteiger partial charge in [0.25, 0.3) is 0 Å². The van der Waals surface area contributed by atoms with E-state index in [2.05, 4.69) is 4.98 Å². The third kappa shape index (κ3) is 5.13. The molecule has 23 heavy (non-hydrogen) atoms. The zero-order valence-electron chi connectivity index (χ0n) is 12.3. The Kier molecular flexibility index (Phi) is 7.43. The number of ether oxygens (including phenoxy) is 1. The van der Waals surface area contributed by atoms with E-state index in [-0.39, 0.29) is 30.2 Å². The quantitative estimate of drug-likeness (QED) is 0.773. The average Bonchev–Trinajstić information content (AvgIpc) is 3.25. The molecule has 2 N–H and O–H groups in total. The van der Waals surface area contributed by atoms with E-state index in [1.807, 2.05) is 18.2 Å². The van der Waals surface area contributed by atoms with Gasteiger partial charge in [-0.2, -0.15) is 0 Å². The van der Waals surface area contributed by atoms with Crippen LogP contribution >= 0.6 is 48.0 Å². The molecule has 0 atom stereocenters. The number of nitrogens with zero attached hydrogens (tertiary/aromatic N) is 1. The fourth-order valence-electron chi connectivity index (χ4n) is 2.20. The molecular weight excluding hydrogens is 378 g/mol. The van der Waals surface area contributed by atoms with Crippen molar-refractivity contribution in [2.45, 2.75) is 12.8 Å². The second-order valence-corrected chi connectivity index (χ2v) is 6.43. The SMILES string of the molecule is Cl.Cl.NCC1(COc2cncc(-c3cc(Cl)cc(Cl)c3)c2)CC1. The first-order chi connectivity index (χ1) is 10.1. The van der Waals surface area contributed by atoms with Crippen molar-refractivity contribution in [3.8, 4) is 16.9 Å². The van der Waals surface area contributed by atoms with E-state index in [0.717, 1.165) is 29.7 Å². The first kappa shape index (κ1) is 20.3. The molecule has 1 aliphatic rings. The number of benzene rings is 1. The Hall–Kier alpha value is -0.710. The van der Waals surface area contributed by atoms with Crippen LogP contribution in [0, 0.1) is 5.41 Å². The van der Waals surface area contributed by atoms with Gasteiger partial charge in [0, 0.05) is 33.8 Å². The van der Waals surface area contributed by atoms with E-state index in [4.69, 9.17) is 33.7 Å². The van der Waals surface area contributed by atoms with E-state index in [1.54, 1.807) is 18.5 Å². The molecule has 3 nitrogen and oxygen atoms in total. The van der Waals surface area contributed by atoms with Crippen LogP contribution in [0.4, 0.5) is 0 Å². The minimum absolute atomic E-state index is 0. The fourth-order valence-corrected chi connectivity index (χ4v) is 2.72. The van der Waals surface area contributed by atoms with Crippen LogP contribution in [0.3, 0.4) is 0 Å². The summed E-state index contributed by atoms with van der Waals surface area (Å²) in [6, 6.07) is 7.37. The summed E-state index contributed by atoms with van der Waals surface area (Å²) in [6.45, 7) is 1.31. The molecule has 0 radical (unpaired) electrons. The standard InChI is InChI=1S/C16H16Cl2N2O.2ClH/c17-13-3-11(4-14(18)6-13)12-5-15(8-20-7-12)21-10-16(9-19)1-2-16;;/h3-8H,1-2,9-10,19H2;2*1H. The Morgan fingerprint density at radius 3 is 2.22 bits per heavy atom. The van der Waals surface area contributed by atoms with Crippen LogP contribution in [0.15, 0.2) is 36.7 Å². The van der Waals surface area contributed by atoms with E-state index < -0.39 is 0 Å². The number of nitrogens with two attached hydrogens (primary N) is 1. The van der Waals surface area contributed by atoms with Gasteiger partial charge in [0.2, 0.25) is 0 Å². The third-order valence-corrected chi connectivity index (χ3v) is 4.28. The molecule has 0 unspecified atom stereocenters. The molecule has 1 fully saturated rings. The molecule has 0 saturated heterocycles. The van der Waals surface area contributed by atoms with E-state index in [1.165, 1.54) is 0 Å². The van der Waals surface area contributed by atoms with Crippen molar-refractivity contribution in [3.05, 3.63) is 46.7 Å². The lowest BCUT2D eigenvalue weighted by Crippen LogP contribution is -2.22. The first-order valence-electron chi connectivity index (χ1n) is 6.85. The Morgan fingerprint density at radius 2 is 1.65 bits per heavy atom. The maximum absolute atomic E-state index is 6.04. The smallest absolute Gasteiger partial charge is 0.138 e. The number of aromatic nitrogens is 1. The molecule has 0 amide bonds. The zero-order valence-corrected chi connectivity index (χ0v) is 15.4. The number of hydrogen-bond acceptors (Lipinski definition) is 3. The second-order valence-electron chi connectivity index (χ2n) is 5.56. The van der Waals surface area contributed by atoms with Gasteiger partial charge < -0.3 is 10.5 Å². The number of rotatable bonds is 5. The molecule has 1 aromatic carbocycles. The first-order valence-corrected chi connectivity index (χ1v) is 7.60. The van der Waals surface area contributed by atoms with Gasteiger partial charge in [-0.05, 0) is 42.7 Å². The van der Waals surface area contributed by atoms with Crippen LogP contribution in [0.1, 0.15) is 12.8 Å². The fraction of sp³-hybridized carbons (Fsp3) is 0.312. The summed E-state index contributed by atoms with van der Waals surface area (Å²) >= 11 is 12.1. The van der Waals surface area contributed by atoms with Gasteiger partial charge in [-0.3, -0.25) is 4.98 Å². The largest absolute Gasteiger partial charge is 0.491 e. The number of hydrogen-bond donors (Lipinski definition) is 1. The van der Waals surface area contributed by atoms with Crippen LogP contribution in [0.5, 0.6) is 5.75 Å². The molecule has 1 saturated carbocycles. The molecular formula is C16H18Cl4N2O. The lowest BCUT2D eigenvalue weighted by molar-refractivity contribution is 0.238. The summed E-state index contributed by atoms with van der Waals surface area (Å²) in [5, 5.41) is 1.20. The van der Waals surface area contributed by atoms with Gasteiger partial charge in [0.15, 0.2) is 0 Å². The molecule has 126 valence electrons. The molecule has 1 aromatic heterocycles. The Balaban J connectivity index is 0.00000132. The molecule has 7 heteroatoms. The van der Waals surface area contributed by atoms with Gasteiger partial charge >= 0.3 is 0 Å². The van der Waals surface area contributed by atoms with Gasteiger partial charge in [0.05, 0.1) is 12.8 Å². The van der Waals surface area contributed by atoms with Crippen molar-refractivity contribution >= 4 is 48.0 Å². The lowest BCUT2D eigenvalue weighted by Gasteiger charge is -2.14. The Morgan fingerprint density at radius 1 is 1.00 bits per heavy atom. The van der Waals surface area contributed by atoms with Crippen LogP contribution in [0.2, 0.25) is 10.0 Å². The molecule has 0 spiro atoms. The van der Waals surface area contributed by atoms with Crippen molar-refractivity contribution in [2.24, 2.45) is 11.1 Å². The van der Waals surface area contributed by atoms with Crippen molar-refractivity contribution in [1.82, 2.24) is 4.98 Å². The molecule has 0 bridgehead atoms. The Bertz CT molecular complexity index is 642. The highest BCUT2D eigenvalue weighted by Gasteiger charge is 2.42. The molecule has 3 rings (SSSR count). The summed E-state index contributed by atoms with van der Waals surface area (Å²) in [6.07, 6.45) is 5.76. The minimum atomic E-state index is 0. The van der Waals surface area contributed by atoms with Crippen LogP contribution in [0.25, 0.3) is 11.1 Å². The normalized spacial score (nSPS) is 14.4. The van der Waals surface area contributed by atoms with Gasteiger partial charge in [-0.1, -0.05) is 23.2 Å². The maximum atomic E-state index is 6.04. The summed E-state index contributed by atoms with van der Waals surface area (Å²) < 4.78 is 5.84. The van der Waals surface area contributed by atoms with Gasteiger partial charge in [0.1, 0.15) is 5.75 Å². The maximum Gasteiger partial charge on any atom is 0.138 e. The highest BCUT2D eigenvalue weighted by molar-refractivity contribution is 6.35. The van der Waals surface area contributed by atoms with Crippen molar-refractivity contribution < 1.29 is 4.74 Å². The minimum Gasteiger partial charge on any atom is -0.491 e. The van der Waals surface area contributed by atoms with Crippen molar-refractivity contribution in [3.63, 3.8) is 0 Å². The molecule has 2 aromatic rings. The molecule has 0 aliphatic heterocycles. The second kappa shape index (κ2) is 8.41. The monoisotopic (exact) mass is 394 g/mol. The van der Waals surface area contributed by atoms with E-state index >= 15 is 0 Å². The van der Waals surface area contributed by atoms with E-state index in [0.29, 0.717) is 23.2 Å². The van der Waals surface area contributed by atoms with Crippen molar-refractivity contribution in [2.75, 3.05) is 13.2 Å². The van der Waals surface area contributed by atoms with Crippen LogP contribution in [-0.2, 0) is 0 Å². The number of pyridine rings is 1. The average molecular weight is 396 g/mol. The van der Waals surface area contributed by atoms with Crippen LogP contribution in [-0.4, -0.2) is 18.1 Å². The predicted molar refractivity (Wildman–Crippen MR) is 100 cm³/mol. The summed E-state index contributed by atoms with van der Waals surface area (Å²) in [7, 11) is 0. The van der Waals surface area contributed by atoms with Gasteiger partial charge in [-0.15, -0.1) is 24.8 Å². The predicted octanol–water partition coefficient (Wildman–Crippen LogP) is 5.02. The highest BCUT2D eigenvalue weighted by Crippen LogP contribution is 2.44. The van der Waals surface area contributed by atoms with E-state index in [9.17, 15) is 0 Å². The Labute approximate surface area is 158 Å². The van der Waals surface area contributed by atoms with Crippen molar-refractivity contribution in [1.29, 1.82) is 0 Å². The molecule has 1 aliphatic carbocycles. The molecule has 1 heterocycles. The summed E-state index contributed by atoms with van der Waals surface area (Å²) in [4.78, 5) is 4.22. The number of halogens is 4. The summed E-state index contributed by atoms with van der Waals surface area (Å²) in [5.41, 5.74) is 7.79. The van der Waals surface area contributed by atoms with Crippen LogP contribution < -0.4 is 10.5 Å². The lowest BCUT2D eigenvalue weighted by atomic mass is 10.1. The topological polar surface area (TPSA) is 48.1 Å². The summed E-state index contributed by atoms with van der Waals surface area (Å²) in [5.74, 6) is 0.739. The third-order valence-electron chi connectivity index (χ3n) is 3.84.